The highest BCUT2D eigenvalue weighted by atomic mass is 79.9. The summed E-state index contributed by atoms with van der Waals surface area (Å²) in [4.78, 5) is 9.09. The van der Waals surface area contributed by atoms with E-state index in [2.05, 4.69) is 25.9 Å². The van der Waals surface area contributed by atoms with Crippen molar-refractivity contribution in [3.63, 3.8) is 0 Å². The fourth-order valence-electron chi connectivity index (χ4n) is 3.13. The van der Waals surface area contributed by atoms with Crippen LogP contribution in [0.1, 0.15) is 5.76 Å². The number of nitrogens with zero attached hydrogens (tertiary/aromatic N) is 2. The number of fused-ring (bicyclic) bond motifs is 1. The molecule has 0 atom stereocenters. The monoisotopic (exact) mass is 510 g/mol. The maximum absolute atomic E-state index is 6.25. The van der Waals surface area contributed by atoms with Gasteiger partial charge in [-0.2, -0.15) is 0 Å². The maximum Gasteiger partial charge on any atom is 0.227 e. The summed E-state index contributed by atoms with van der Waals surface area (Å²) in [6, 6.07) is 22.3. The molecule has 0 spiro atoms. The van der Waals surface area contributed by atoms with E-state index >= 15 is 0 Å². The van der Waals surface area contributed by atoms with Gasteiger partial charge in [0.1, 0.15) is 17.0 Å². The zero-order valence-electron chi connectivity index (χ0n) is 15.9. The SMILES string of the molecule is Clc1ccc(Cl)c(-c2ccc(C=Nc3ccc4oc(-c5cccc(Br)c5)nc4c3)o2)c1. The minimum Gasteiger partial charge on any atom is -0.455 e. The van der Waals surface area contributed by atoms with Gasteiger partial charge in [0.15, 0.2) is 5.58 Å². The summed E-state index contributed by atoms with van der Waals surface area (Å²) in [5.74, 6) is 1.78. The Morgan fingerprint density at radius 1 is 0.903 bits per heavy atom. The number of benzene rings is 3. The van der Waals surface area contributed by atoms with Gasteiger partial charge in [0, 0.05) is 20.6 Å². The molecule has 2 heterocycles. The lowest BCUT2D eigenvalue weighted by molar-refractivity contribution is 0.575. The lowest BCUT2D eigenvalue weighted by Gasteiger charge is -2.00. The highest BCUT2D eigenvalue weighted by molar-refractivity contribution is 9.10. The lowest BCUT2D eigenvalue weighted by atomic mass is 10.2. The molecule has 0 fully saturated rings. The van der Waals surface area contributed by atoms with Crippen LogP contribution in [0.3, 0.4) is 0 Å². The van der Waals surface area contributed by atoms with Gasteiger partial charge in [0.05, 0.1) is 16.9 Å². The second kappa shape index (κ2) is 8.35. The van der Waals surface area contributed by atoms with E-state index in [1.807, 2.05) is 54.6 Å². The van der Waals surface area contributed by atoms with Crippen LogP contribution in [0.25, 0.3) is 33.9 Å². The number of rotatable bonds is 4. The van der Waals surface area contributed by atoms with Crippen LogP contribution >= 0.6 is 39.1 Å². The number of hydrogen-bond donors (Lipinski definition) is 0. The normalized spacial score (nSPS) is 11.6. The van der Waals surface area contributed by atoms with E-state index in [4.69, 9.17) is 32.0 Å². The van der Waals surface area contributed by atoms with Crippen LogP contribution in [0.5, 0.6) is 0 Å². The van der Waals surface area contributed by atoms with E-state index < -0.39 is 0 Å². The summed E-state index contributed by atoms with van der Waals surface area (Å²) in [5, 5.41) is 1.16. The molecule has 0 saturated carbocycles. The van der Waals surface area contributed by atoms with Crippen molar-refractivity contribution in [2.75, 3.05) is 0 Å². The Bertz CT molecular complexity index is 1440. The van der Waals surface area contributed by atoms with Gasteiger partial charge in [-0.1, -0.05) is 45.2 Å². The van der Waals surface area contributed by atoms with Gasteiger partial charge in [-0.25, -0.2) is 4.98 Å². The Balaban J connectivity index is 1.40. The second-order valence-electron chi connectivity index (χ2n) is 6.77. The molecule has 7 heteroatoms. The Kier molecular flexibility index (Phi) is 5.40. The van der Waals surface area contributed by atoms with Crippen LogP contribution < -0.4 is 0 Å². The minimum absolute atomic E-state index is 0.562. The van der Waals surface area contributed by atoms with Crippen LogP contribution in [-0.4, -0.2) is 11.2 Å². The number of oxazole rings is 1. The molecule has 5 aromatic rings. The van der Waals surface area contributed by atoms with E-state index in [1.54, 1.807) is 24.4 Å². The predicted molar refractivity (Wildman–Crippen MR) is 129 cm³/mol. The molecule has 0 aliphatic carbocycles. The topological polar surface area (TPSA) is 51.5 Å². The molecule has 3 aromatic carbocycles. The molecule has 0 radical (unpaired) electrons. The molecule has 5 rings (SSSR count). The van der Waals surface area contributed by atoms with Crippen LogP contribution in [-0.2, 0) is 0 Å². The summed E-state index contributed by atoms with van der Waals surface area (Å²) in [6.45, 7) is 0. The van der Waals surface area contributed by atoms with Crippen molar-refractivity contribution in [1.82, 2.24) is 4.98 Å². The van der Waals surface area contributed by atoms with Gasteiger partial charge in [-0.15, -0.1) is 0 Å². The first-order valence-electron chi connectivity index (χ1n) is 9.31. The van der Waals surface area contributed by atoms with Crippen LogP contribution in [0.2, 0.25) is 10.0 Å². The number of furan rings is 1. The average Bonchev–Trinajstić information content (AvgIpc) is 3.40. The largest absolute Gasteiger partial charge is 0.455 e. The molecule has 4 nitrogen and oxygen atoms in total. The molecule has 0 unspecified atom stereocenters. The van der Waals surface area contributed by atoms with Gasteiger partial charge in [-0.3, -0.25) is 4.99 Å². The smallest absolute Gasteiger partial charge is 0.227 e. The van der Waals surface area contributed by atoms with Crippen LogP contribution in [0, 0.1) is 0 Å². The molecule has 0 bridgehead atoms. The third-order valence-corrected chi connectivity index (χ3v) is 5.66. The summed E-state index contributed by atoms with van der Waals surface area (Å²) in [6.07, 6.45) is 1.65. The first-order valence-corrected chi connectivity index (χ1v) is 10.9. The van der Waals surface area contributed by atoms with Crippen molar-refractivity contribution in [1.29, 1.82) is 0 Å². The maximum atomic E-state index is 6.25. The molecule has 0 saturated heterocycles. The van der Waals surface area contributed by atoms with Gasteiger partial charge in [-0.05, 0) is 66.7 Å². The summed E-state index contributed by atoms with van der Waals surface area (Å²) < 4.78 is 12.7. The molecule has 0 aliphatic heterocycles. The van der Waals surface area contributed by atoms with E-state index in [1.165, 1.54) is 0 Å². The first kappa shape index (κ1) is 20.1. The van der Waals surface area contributed by atoms with Gasteiger partial charge in [0.25, 0.3) is 0 Å². The van der Waals surface area contributed by atoms with Crippen molar-refractivity contribution >= 4 is 62.1 Å². The van der Waals surface area contributed by atoms with Gasteiger partial charge < -0.3 is 8.83 Å². The van der Waals surface area contributed by atoms with Crippen molar-refractivity contribution in [3.8, 4) is 22.8 Å². The van der Waals surface area contributed by atoms with E-state index in [9.17, 15) is 0 Å². The lowest BCUT2D eigenvalue weighted by Crippen LogP contribution is -1.78. The number of aromatic nitrogens is 1. The highest BCUT2D eigenvalue weighted by Crippen LogP contribution is 2.32. The Labute approximate surface area is 196 Å². The van der Waals surface area contributed by atoms with Gasteiger partial charge >= 0.3 is 0 Å². The fraction of sp³-hybridized carbons (Fsp3) is 0. The Morgan fingerprint density at radius 3 is 2.68 bits per heavy atom. The first-order chi connectivity index (χ1) is 15.0. The molecule has 0 amide bonds. The standard InChI is InChI=1S/C24H13BrCl2N2O2/c25-15-3-1-2-14(10-15)24-29-21-12-17(5-8-23(21)31-24)28-13-18-6-9-22(30-18)19-11-16(26)4-7-20(19)27/h1-13H. The summed E-state index contributed by atoms with van der Waals surface area (Å²) >= 11 is 15.8. The molecule has 2 aromatic heterocycles. The molecule has 31 heavy (non-hydrogen) atoms. The van der Waals surface area contributed by atoms with Crippen molar-refractivity contribution < 1.29 is 8.83 Å². The molecular weight excluding hydrogens is 499 g/mol. The quantitative estimate of drug-likeness (QED) is 0.227. The Morgan fingerprint density at radius 2 is 1.81 bits per heavy atom. The molecule has 0 N–H and O–H groups in total. The molecule has 152 valence electrons. The predicted octanol–water partition coefficient (Wildman–Crippen LogP) is 8.57. The highest BCUT2D eigenvalue weighted by Gasteiger charge is 2.10. The minimum atomic E-state index is 0.562. The number of aliphatic imine (C=N–C) groups is 1. The van der Waals surface area contributed by atoms with E-state index in [0.29, 0.717) is 33.0 Å². The number of halogens is 3. The third-order valence-electron chi connectivity index (χ3n) is 4.60. The number of hydrogen-bond acceptors (Lipinski definition) is 4. The second-order valence-corrected chi connectivity index (χ2v) is 8.53. The summed E-state index contributed by atoms with van der Waals surface area (Å²) in [7, 11) is 0. The average molecular weight is 512 g/mol. The van der Waals surface area contributed by atoms with E-state index in [0.717, 1.165) is 26.8 Å². The Hall–Kier alpha value is -2.86. The molecule has 0 aliphatic rings. The van der Waals surface area contributed by atoms with Crippen molar-refractivity contribution in [2.45, 2.75) is 0 Å². The third kappa shape index (κ3) is 4.30. The van der Waals surface area contributed by atoms with E-state index in [-0.39, 0.29) is 0 Å². The van der Waals surface area contributed by atoms with Crippen molar-refractivity contribution in [2.24, 2.45) is 4.99 Å². The fourth-order valence-corrected chi connectivity index (χ4v) is 3.91. The zero-order chi connectivity index (χ0) is 21.4. The molecular formula is C24H13BrCl2N2O2. The van der Waals surface area contributed by atoms with Crippen LogP contribution in [0.15, 0.2) is 91.1 Å². The van der Waals surface area contributed by atoms with Crippen LogP contribution in [0.4, 0.5) is 5.69 Å². The van der Waals surface area contributed by atoms with Gasteiger partial charge in [0.2, 0.25) is 5.89 Å². The van der Waals surface area contributed by atoms with Crippen molar-refractivity contribution in [3.05, 3.63) is 93.1 Å². The zero-order valence-corrected chi connectivity index (χ0v) is 18.9. The summed E-state index contributed by atoms with van der Waals surface area (Å²) in [5.41, 5.74) is 3.80.